The normalized spacial score (nSPS) is 14.2. The van der Waals surface area contributed by atoms with Gasteiger partial charge in [-0.3, -0.25) is 24.0 Å². The predicted molar refractivity (Wildman–Crippen MR) is 166 cm³/mol. The van der Waals surface area contributed by atoms with E-state index < -0.39 is 33.4 Å². The first-order chi connectivity index (χ1) is 20.4. The van der Waals surface area contributed by atoms with Crippen LogP contribution in [0.3, 0.4) is 0 Å². The van der Waals surface area contributed by atoms with Crippen LogP contribution in [-0.4, -0.2) is 54.9 Å². The number of nitrogens with one attached hydrogen (secondary N) is 1. The van der Waals surface area contributed by atoms with E-state index in [1.165, 1.54) is 17.0 Å². The summed E-state index contributed by atoms with van der Waals surface area (Å²) < 4.78 is 26.9. The number of aryl methyl sites for hydroxylation is 1. The second-order valence-corrected chi connectivity index (χ2v) is 13.2. The number of benzene rings is 3. The van der Waals surface area contributed by atoms with Gasteiger partial charge in [-0.2, -0.15) is 0 Å². The summed E-state index contributed by atoms with van der Waals surface area (Å²) in [7, 11) is -4.07. The maximum atomic E-state index is 14.2. The van der Waals surface area contributed by atoms with Crippen molar-refractivity contribution < 1.29 is 22.9 Å². The highest BCUT2D eigenvalue weighted by atomic mass is 35.5. The molecule has 43 heavy (non-hydrogen) atoms. The zero-order valence-corrected chi connectivity index (χ0v) is 25.7. The second kappa shape index (κ2) is 14.0. The lowest BCUT2D eigenvalue weighted by atomic mass is 10.0. The van der Waals surface area contributed by atoms with Gasteiger partial charge in [0.25, 0.3) is 5.69 Å². The molecule has 1 fully saturated rings. The SMILES string of the molecule is Cc1ccc([N+](=O)[O-])cc1N(CC(=O)N(Cc1ccc(Cl)cc1)[C@H](Cc1ccccc1)C(=O)NC1CCCC1)S(C)(=O)=O. The maximum absolute atomic E-state index is 14.2. The average molecular weight is 627 g/mol. The Morgan fingerprint density at radius 1 is 1.02 bits per heavy atom. The predicted octanol–water partition coefficient (Wildman–Crippen LogP) is 5.02. The minimum atomic E-state index is -4.07. The van der Waals surface area contributed by atoms with Crippen LogP contribution in [0.1, 0.15) is 42.4 Å². The molecule has 1 aliphatic carbocycles. The van der Waals surface area contributed by atoms with Gasteiger partial charge in [-0.05, 0) is 48.6 Å². The molecule has 0 aromatic heterocycles. The fraction of sp³-hybridized carbons (Fsp3) is 0.355. The van der Waals surface area contributed by atoms with Gasteiger partial charge in [0, 0.05) is 36.2 Å². The van der Waals surface area contributed by atoms with Crippen LogP contribution in [-0.2, 0) is 32.6 Å². The third-order valence-electron chi connectivity index (χ3n) is 7.59. The standard InChI is InChI=1S/C31H35ClN4O6S/c1-22-12-17-27(36(39)40)19-28(22)35(43(2,41)42)21-30(37)34(20-24-13-15-25(32)16-14-24)29(18-23-8-4-3-5-9-23)31(38)33-26-10-6-7-11-26/h3-5,8-9,12-17,19,26,29H,6-7,10-11,18,20-21H2,1-2H3,(H,33,38)/t29-/m1/s1. The third kappa shape index (κ3) is 8.55. The Labute approximate surface area is 256 Å². The van der Waals surface area contributed by atoms with Crippen molar-refractivity contribution in [1.82, 2.24) is 10.2 Å². The number of nitro groups is 1. The van der Waals surface area contributed by atoms with Gasteiger partial charge in [-0.1, -0.05) is 73.0 Å². The van der Waals surface area contributed by atoms with Gasteiger partial charge in [0.05, 0.1) is 16.9 Å². The van der Waals surface area contributed by atoms with Crippen LogP contribution in [0.15, 0.2) is 72.8 Å². The Balaban J connectivity index is 1.76. The molecule has 4 rings (SSSR count). The highest BCUT2D eigenvalue weighted by Gasteiger charge is 2.34. The highest BCUT2D eigenvalue weighted by molar-refractivity contribution is 7.92. The summed E-state index contributed by atoms with van der Waals surface area (Å²) in [6.45, 7) is 0.966. The van der Waals surface area contributed by atoms with Gasteiger partial charge < -0.3 is 10.2 Å². The van der Waals surface area contributed by atoms with Crippen LogP contribution in [0.25, 0.3) is 0 Å². The van der Waals surface area contributed by atoms with Crippen LogP contribution in [0.2, 0.25) is 5.02 Å². The van der Waals surface area contributed by atoms with Crippen LogP contribution >= 0.6 is 11.6 Å². The van der Waals surface area contributed by atoms with E-state index in [0.717, 1.165) is 47.9 Å². The molecule has 1 aliphatic rings. The van der Waals surface area contributed by atoms with Crippen molar-refractivity contribution in [3.05, 3.63) is 105 Å². The molecule has 0 heterocycles. The molecule has 0 aliphatic heterocycles. The van der Waals surface area contributed by atoms with Gasteiger partial charge in [-0.15, -0.1) is 0 Å². The molecule has 0 unspecified atom stereocenters. The van der Waals surface area contributed by atoms with Crippen LogP contribution in [0, 0.1) is 17.0 Å². The molecule has 3 aromatic rings. The van der Waals surface area contributed by atoms with E-state index in [2.05, 4.69) is 5.32 Å². The Kier molecular flexibility index (Phi) is 10.4. The Morgan fingerprint density at radius 2 is 1.67 bits per heavy atom. The van der Waals surface area contributed by atoms with Crippen molar-refractivity contribution in [3.63, 3.8) is 0 Å². The van der Waals surface area contributed by atoms with E-state index in [0.29, 0.717) is 16.1 Å². The second-order valence-electron chi connectivity index (χ2n) is 10.8. The molecular formula is C31H35ClN4O6S. The number of sulfonamides is 1. The van der Waals surface area contributed by atoms with Crippen LogP contribution in [0.4, 0.5) is 11.4 Å². The van der Waals surface area contributed by atoms with E-state index in [9.17, 15) is 28.1 Å². The van der Waals surface area contributed by atoms with Gasteiger partial charge in [0.15, 0.2) is 0 Å². The van der Waals surface area contributed by atoms with E-state index in [4.69, 9.17) is 11.6 Å². The highest BCUT2D eigenvalue weighted by Crippen LogP contribution is 2.28. The molecule has 12 heteroatoms. The molecule has 10 nitrogen and oxygen atoms in total. The fourth-order valence-electron chi connectivity index (χ4n) is 5.28. The Hall–Kier alpha value is -3.96. The number of rotatable bonds is 12. The van der Waals surface area contributed by atoms with Crippen molar-refractivity contribution in [2.45, 2.75) is 57.7 Å². The van der Waals surface area contributed by atoms with Crippen molar-refractivity contribution in [2.24, 2.45) is 0 Å². The van der Waals surface area contributed by atoms with Gasteiger partial charge in [0.2, 0.25) is 21.8 Å². The van der Waals surface area contributed by atoms with E-state index in [-0.39, 0.29) is 36.3 Å². The lowest BCUT2D eigenvalue weighted by molar-refractivity contribution is -0.384. The fourth-order valence-corrected chi connectivity index (χ4v) is 6.31. The zero-order valence-electron chi connectivity index (χ0n) is 24.1. The maximum Gasteiger partial charge on any atom is 0.271 e. The van der Waals surface area contributed by atoms with Crippen molar-refractivity contribution in [3.8, 4) is 0 Å². The van der Waals surface area contributed by atoms with Crippen LogP contribution in [0.5, 0.6) is 0 Å². The van der Waals surface area contributed by atoms with Crippen LogP contribution < -0.4 is 9.62 Å². The molecule has 0 radical (unpaired) electrons. The molecule has 0 bridgehead atoms. The number of amides is 2. The molecule has 1 N–H and O–H groups in total. The number of carbonyl (C=O) groups is 2. The lowest BCUT2D eigenvalue weighted by Crippen LogP contribution is -2.54. The lowest BCUT2D eigenvalue weighted by Gasteiger charge is -2.34. The van der Waals surface area contributed by atoms with E-state index >= 15 is 0 Å². The third-order valence-corrected chi connectivity index (χ3v) is 8.97. The Bertz CT molecular complexity index is 1560. The minimum absolute atomic E-state index is 0.00158. The number of carbonyl (C=O) groups excluding carboxylic acids is 2. The molecule has 1 atom stereocenters. The first-order valence-corrected chi connectivity index (χ1v) is 16.3. The number of hydrogen-bond acceptors (Lipinski definition) is 6. The van der Waals surface area contributed by atoms with Gasteiger partial charge >= 0.3 is 0 Å². The van der Waals surface area contributed by atoms with Crippen molar-refractivity contribution >= 4 is 44.8 Å². The van der Waals surface area contributed by atoms with E-state index in [1.54, 1.807) is 31.2 Å². The monoisotopic (exact) mass is 626 g/mol. The number of nitro benzene ring substituents is 1. The summed E-state index contributed by atoms with van der Waals surface area (Å²) in [5.74, 6) is -0.954. The van der Waals surface area contributed by atoms with Gasteiger partial charge in [-0.25, -0.2) is 8.42 Å². The molecule has 0 saturated heterocycles. The number of nitrogens with zero attached hydrogens (tertiary/aromatic N) is 3. The summed E-state index contributed by atoms with van der Waals surface area (Å²) in [5, 5.41) is 15.1. The van der Waals surface area contributed by atoms with Crippen molar-refractivity contribution in [1.29, 1.82) is 0 Å². The van der Waals surface area contributed by atoms with E-state index in [1.807, 2.05) is 30.3 Å². The topological polar surface area (TPSA) is 130 Å². The number of anilines is 1. The minimum Gasteiger partial charge on any atom is -0.352 e. The number of halogens is 1. The summed E-state index contributed by atoms with van der Waals surface area (Å²) in [5.41, 5.74) is 1.68. The molecule has 2 amide bonds. The van der Waals surface area contributed by atoms with Crippen molar-refractivity contribution in [2.75, 3.05) is 17.1 Å². The summed E-state index contributed by atoms with van der Waals surface area (Å²) in [4.78, 5) is 40.4. The largest absolute Gasteiger partial charge is 0.352 e. The molecule has 3 aromatic carbocycles. The Morgan fingerprint density at radius 3 is 2.28 bits per heavy atom. The molecule has 228 valence electrons. The molecular weight excluding hydrogens is 592 g/mol. The summed E-state index contributed by atoms with van der Waals surface area (Å²) in [6, 6.07) is 19.0. The number of hydrogen-bond donors (Lipinski definition) is 1. The first kappa shape index (κ1) is 32.0. The number of non-ortho nitro benzene ring substituents is 1. The summed E-state index contributed by atoms with van der Waals surface area (Å²) >= 11 is 6.10. The summed E-state index contributed by atoms with van der Waals surface area (Å²) in [6.07, 6.45) is 4.86. The molecule has 1 saturated carbocycles. The van der Waals surface area contributed by atoms with Gasteiger partial charge in [0.1, 0.15) is 12.6 Å². The first-order valence-electron chi connectivity index (χ1n) is 14.0. The zero-order chi connectivity index (χ0) is 31.1. The smallest absolute Gasteiger partial charge is 0.271 e. The average Bonchev–Trinajstić information content (AvgIpc) is 3.48. The quantitative estimate of drug-likeness (QED) is 0.222. The molecule has 0 spiro atoms.